The summed E-state index contributed by atoms with van der Waals surface area (Å²) >= 11 is 0. The molecule has 8 aromatic rings. The zero-order chi connectivity index (χ0) is 34.8. The van der Waals surface area contributed by atoms with Crippen molar-refractivity contribution in [2.75, 3.05) is 4.90 Å². The molecule has 0 amide bonds. The van der Waals surface area contributed by atoms with E-state index in [4.69, 9.17) is 0 Å². The number of hydrogen-bond donors (Lipinski definition) is 0. The molecule has 2 aliphatic rings. The molecule has 1 heteroatoms. The Balaban J connectivity index is 1.15. The van der Waals surface area contributed by atoms with E-state index in [1.165, 1.54) is 81.9 Å². The van der Waals surface area contributed by atoms with Crippen LogP contribution in [0.3, 0.4) is 0 Å². The second-order valence-electron chi connectivity index (χ2n) is 14.6. The lowest BCUT2D eigenvalue weighted by Crippen LogP contribution is -2.29. The SMILES string of the molecule is CC1(C)C=C(N(c2ccc(-c3ccccc3)cc2)c2ccc(-c3ccccc3)cc2)C=C2C=c3cc4c5ccccc5c5ccccc5c4cc3=C21. The van der Waals surface area contributed by atoms with Gasteiger partial charge in [-0.1, -0.05) is 153 Å². The van der Waals surface area contributed by atoms with Gasteiger partial charge in [-0.05, 0) is 125 Å². The van der Waals surface area contributed by atoms with E-state index in [0.717, 1.165) is 11.4 Å². The number of hydrogen-bond acceptors (Lipinski definition) is 1. The van der Waals surface area contributed by atoms with Crippen LogP contribution in [0.25, 0.3) is 66.2 Å². The molecule has 0 saturated carbocycles. The second kappa shape index (κ2) is 11.8. The smallest absolute Gasteiger partial charge is 0.0461 e. The average Bonchev–Trinajstić information content (AvgIpc) is 3.57. The summed E-state index contributed by atoms with van der Waals surface area (Å²) in [6.45, 7) is 4.74. The van der Waals surface area contributed by atoms with Gasteiger partial charge in [0, 0.05) is 22.5 Å². The molecule has 10 rings (SSSR count). The molecule has 8 aromatic carbocycles. The maximum atomic E-state index is 2.47. The molecule has 2 aliphatic carbocycles. The normalized spacial score (nSPS) is 14.5. The number of anilines is 2. The van der Waals surface area contributed by atoms with Crippen LogP contribution in [-0.4, -0.2) is 0 Å². The van der Waals surface area contributed by atoms with E-state index in [-0.39, 0.29) is 5.41 Å². The van der Waals surface area contributed by atoms with E-state index in [1.54, 1.807) is 0 Å². The third kappa shape index (κ3) is 4.93. The summed E-state index contributed by atoms with van der Waals surface area (Å²) in [7, 11) is 0. The summed E-state index contributed by atoms with van der Waals surface area (Å²) in [6.07, 6.45) is 7.28. The van der Waals surface area contributed by atoms with Crippen LogP contribution >= 0.6 is 0 Å². The van der Waals surface area contributed by atoms with Crippen LogP contribution in [-0.2, 0) is 0 Å². The highest BCUT2D eigenvalue weighted by molar-refractivity contribution is 6.25. The van der Waals surface area contributed by atoms with E-state index < -0.39 is 0 Å². The molecular weight excluding hydrogens is 627 g/mol. The molecule has 0 aromatic heterocycles. The van der Waals surface area contributed by atoms with Gasteiger partial charge in [-0.25, -0.2) is 0 Å². The molecular formula is C51H37N. The number of nitrogens with zero attached hydrogens (tertiary/aromatic N) is 1. The van der Waals surface area contributed by atoms with E-state index in [0.29, 0.717) is 0 Å². The number of allylic oxidation sites excluding steroid dienone is 3. The van der Waals surface area contributed by atoms with Crippen LogP contribution in [0.15, 0.2) is 193 Å². The van der Waals surface area contributed by atoms with Gasteiger partial charge in [-0.15, -0.1) is 0 Å². The third-order valence-corrected chi connectivity index (χ3v) is 11.0. The molecule has 0 fully saturated rings. The Morgan fingerprint density at radius 2 is 0.827 bits per heavy atom. The Morgan fingerprint density at radius 1 is 0.404 bits per heavy atom. The summed E-state index contributed by atoms with van der Waals surface area (Å²) < 4.78 is 0. The standard InChI is InChI=1S/C51H37N/c1-51(2)33-42(30-39-29-38-31-48-45-19-11-9-17-43(45)44-18-10-12-20-46(44)49(48)32-47(38)50(39)51)52(40-25-21-36(22-26-40)34-13-5-3-6-14-34)41-27-23-37(24-28-41)35-15-7-4-8-16-35/h3-33H,1-2H3. The predicted molar refractivity (Wildman–Crippen MR) is 222 cm³/mol. The molecule has 0 unspecified atom stereocenters. The van der Waals surface area contributed by atoms with Crippen molar-refractivity contribution in [2.45, 2.75) is 13.8 Å². The highest BCUT2D eigenvalue weighted by atomic mass is 15.1. The Kier molecular flexibility index (Phi) is 6.91. The van der Waals surface area contributed by atoms with E-state index in [2.05, 4.69) is 207 Å². The Hall–Kier alpha value is -6.44. The number of fused-ring (bicyclic) bond motifs is 8. The van der Waals surface area contributed by atoms with Gasteiger partial charge in [0.15, 0.2) is 0 Å². The van der Waals surface area contributed by atoms with E-state index in [9.17, 15) is 0 Å². The summed E-state index contributed by atoms with van der Waals surface area (Å²) in [5, 5.41) is 10.5. The molecule has 0 spiro atoms. The lowest BCUT2D eigenvalue weighted by Gasteiger charge is -2.35. The van der Waals surface area contributed by atoms with Crippen molar-refractivity contribution < 1.29 is 0 Å². The Bertz CT molecular complexity index is 2790. The summed E-state index contributed by atoms with van der Waals surface area (Å²) in [6, 6.07) is 61.9. The van der Waals surface area contributed by atoms with Crippen LogP contribution in [0.4, 0.5) is 11.4 Å². The summed E-state index contributed by atoms with van der Waals surface area (Å²) in [5.41, 5.74) is 10.8. The van der Waals surface area contributed by atoms with Crippen molar-refractivity contribution in [3.8, 4) is 22.3 Å². The average molecular weight is 664 g/mol. The Morgan fingerprint density at radius 3 is 1.33 bits per heavy atom. The number of benzene rings is 8. The van der Waals surface area contributed by atoms with Gasteiger partial charge in [0.1, 0.15) is 0 Å². The first-order valence-corrected chi connectivity index (χ1v) is 18.2. The Labute approximate surface area is 304 Å². The van der Waals surface area contributed by atoms with Gasteiger partial charge in [-0.3, -0.25) is 0 Å². The first-order valence-electron chi connectivity index (χ1n) is 18.2. The largest absolute Gasteiger partial charge is 0.311 e. The van der Waals surface area contributed by atoms with Crippen molar-refractivity contribution in [1.29, 1.82) is 0 Å². The maximum Gasteiger partial charge on any atom is 0.0461 e. The molecule has 0 saturated heterocycles. The highest BCUT2D eigenvalue weighted by Crippen LogP contribution is 2.45. The fourth-order valence-electron chi connectivity index (χ4n) is 8.62. The zero-order valence-corrected chi connectivity index (χ0v) is 29.3. The molecule has 52 heavy (non-hydrogen) atoms. The molecule has 0 aliphatic heterocycles. The predicted octanol–water partition coefficient (Wildman–Crippen LogP) is 12.1. The summed E-state index contributed by atoms with van der Waals surface area (Å²) in [4.78, 5) is 2.42. The third-order valence-electron chi connectivity index (χ3n) is 11.0. The van der Waals surface area contributed by atoms with Crippen molar-refractivity contribution in [3.63, 3.8) is 0 Å². The second-order valence-corrected chi connectivity index (χ2v) is 14.6. The lowest BCUT2D eigenvalue weighted by molar-refractivity contribution is 0.637. The lowest BCUT2D eigenvalue weighted by atomic mass is 9.76. The van der Waals surface area contributed by atoms with Gasteiger partial charge in [0.05, 0.1) is 0 Å². The summed E-state index contributed by atoms with van der Waals surface area (Å²) in [5.74, 6) is 0. The fourth-order valence-corrected chi connectivity index (χ4v) is 8.62. The van der Waals surface area contributed by atoms with E-state index >= 15 is 0 Å². The van der Waals surface area contributed by atoms with Gasteiger partial charge in [-0.2, -0.15) is 0 Å². The van der Waals surface area contributed by atoms with Crippen LogP contribution in [0.5, 0.6) is 0 Å². The van der Waals surface area contributed by atoms with Crippen LogP contribution in [0.1, 0.15) is 13.8 Å². The van der Waals surface area contributed by atoms with Crippen LogP contribution < -0.4 is 15.3 Å². The van der Waals surface area contributed by atoms with Crippen molar-refractivity contribution in [1.82, 2.24) is 0 Å². The zero-order valence-electron chi connectivity index (χ0n) is 29.3. The minimum Gasteiger partial charge on any atom is -0.311 e. The first kappa shape index (κ1) is 30.4. The molecule has 246 valence electrons. The van der Waals surface area contributed by atoms with Crippen molar-refractivity contribution >= 4 is 55.3 Å². The minimum atomic E-state index is -0.215. The molecule has 0 heterocycles. The highest BCUT2D eigenvalue weighted by Gasteiger charge is 2.32. The van der Waals surface area contributed by atoms with Gasteiger partial charge >= 0.3 is 0 Å². The molecule has 0 atom stereocenters. The quantitative estimate of drug-likeness (QED) is 0.166. The molecule has 1 nitrogen and oxygen atoms in total. The van der Waals surface area contributed by atoms with E-state index in [1.807, 2.05) is 0 Å². The first-order chi connectivity index (χ1) is 25.5. The molecule has 0 N–H and O–H groups in total. The minimum absolute atomic E-state index is 0.215. The van der Waals surface area contributed by atoms with Crippen molar-refractivity contribution in [2.24, 2.45) is 5.41 Å². The van der Waals surface area contributed by atoms with Crippen molar-refractivity contribution in [3.05, 3.63) is 204 Å². The fraction of sp³-hybridized carbons (Fsp3) is 0.0588. The molecule has 0 bridgehead atoms. The van der Waals surface area contributed by atoms with Crippen LogP contribution in [0, 0.1) is 5.41 Å². The van der Waals surface area contributed by atoms with Crippen LogP contribution in [0.2, 0.25) is 0 Å². The van der Waals surface area contributed by atoms with Gasteiger partial charge in [0.2, 0.25) is 0 Å². The van der Waals surface area contributed by atoms with Gasteiger partial charge < -0.3 is 4.90 Å². The topological polar surface area (TPSA) is 3.24 Å². The maximum absolute atomic E-state index is 2.47. The van der Waals surface area contributed by atoms with Gasteiger partial charge in [0.25, 0.3) is 0 Å². The monoisotopic (exact) mass is 663 g/mol. The number of rotatable bonds is 5. The molecule has 0 radical (unpaired) electrons.